The van der Waals surface area contributed by atoms with Gasteiger partial charge in [-0.2, -0.15) is 0 Å². The summed E-state index contributed by atoms with van der Waals surface area (Å²) >= 11 is 5.88. The van der Waals surface area contributed by atoms with Gasteiger partial charge in [0.25, 0.3) is 11.5 Å². The Kier molecular flexibility index (Phi) is 2.85. The maximum absolute atomic E-state index is 11.8. The van der Waals surface area contributed by atoms with Crippen molar-refractivity contribution in [3.63, 3.8) is 0 Å². The van der Waals surface area contributed by atoms with Gasteiger partial charge in [0.1, 0.15) is 5.52 Å². The zero-order valence-corrected chi connectivity index (χ0v) is 10.4. The van der Waals surface area contributed by atoms with Gasteiger partial charge in [-0.05, 0) is 29.1 Å². The summed E-state index contributed by atoms with van der Waals surface area (Å²) in [5.41, 5.74) is 1.54. The smallest absolute Gasteiger partial charge is 0.295 e. The van der Waals surface area contributed by atoms with E-state index in [0.717, 1.165) is 0 Å². The van der Waals surface area contributed by atoms with E-state index in [9.17, 15) is 5.21 Å². The second kappa shape index (κ2) is 4.66. The van der Waals surface area contributed by atoms with Crippen LogP contribution in [0.1, 0.15) is 0 Å². The molecular formula is C12H8ClN5O. The molecule has 0 amide bonds. The number of anilines is 2. The normalized spacial score (nSPS) is 10.6. The Hall–Kier alpha value is -2.47. The maximum atomic E-state index is 11.8. The molecule has 3 rings (SSSR count). The second-order valence-electron chi connectivity index (χ2n) is 3.81. The van der Waals surface area contributed by atoms with E-state index in [1.165, 1.54) is 0 Å². The number of rotatable bonds is 2. The molecule has 0 spiro atoms. The molecule has 1 aromatic carbocycles. The Morgan fingerprint density at radius 1 is 1.26 bits per heavy atom. The maximum Gasteiger partial charge on any atom is 0.295 e. The minimum Gasteiger partial charge on any atom is -0.594 e. The van der Waals surface area contributed by atoms with E-state index in [1.807, 2.05) is 0 Å². The molecule has 2 aromatic heterocycles. The van der Waals surface area contributed by atoms with E-state index in [1.54, 1.807) is 42.7 Å². The highest BCUT2D eigenvalue weighted by atomic mass is 35.5. The zero-order valence-electron chi connectivity index (χ0n) is 9.62. The summed E-state index contributed by atoms with van der Waals surface area (Å²) in [5, 5.41) is 19.0. The lowest BCUT2D eigenvalue weighted by Crippen LogP contribution is -2.33. The molecule has 0 fully saturated rings. The lowest BCUT2D eigenvalue weighted by atomic mass is 10.3. The third-order valence-corrected chi connectivity index (χ3v) is 2.71. The molecule has 0 radical (unpaired) electrons. The van der Waals surface area contributed by atoms with E-state index in [2.05, 4.69) is 20.4 Å². The summed E-state index contributed by atoms with van der Waals surface area (Å²) in [4.78, 5) is 8.70. The molecule has 94 valence electrons. The van der Waals surface area contributed by atoms with Crippen molar-refractivity contribution >= 4 is 34.3 Å². The summed E-state index contributed by atoms with van der Waals surface area (Å²) in [7, 11) is 0. The van der Waals surface area contributed by atoms with Crippen LogP contribution in [0.25, 0.3) is 11.0 Å². The van der Waals surface area contributed by atoms with Crippen molar-refractivity contribution in [3.05, 3.63) is 53.0 Å². The molecule has 0 atom stereocenters. The number of hydrogen-bond donors (Lipinski definition) is 1. The van der Waals surface area contributed by atoms with E-state index in [-0.39, 0.29) is 5.95 Å². The van der Waals surface area contributed by atoms with Gasteiger partial charge >= 0.3 is 0 Å². The molecule has 0 aliphatic rings. The summed E-state index contributed by atoms with van der Waals surface area (Å²) in [5.74, 6) is 0.192. The molecule has 3 aromatic rings. The van der Waals surface area contributed by atoms with Crippen LogP contribution in [0.2, 0.25) is 5.02 Å². The molecule has 2 heterocycles. The van der Waals surface area contributed by atoms with Gasteiger partial charge < -0.3 is 10.5 Å². The molecule has 19 heavy (non-hydrogen) atoms. The predicted octanol–water partition coefficient (Wildman–Crippen LogP) is 2.06. The average Bonchev–Trinajstić information content (AvgIpc) is 2.39. The van der Waals surface area contributed by atoms with Gasteiger partial charge in [0.05, 0.1) is 17.0 Å². The minimum absolute atomic E-state index is 0.192. The number of fused-ring (bicyclic) bond motifs is 1. The highest BCUT2D eigenvalue weighted by molar-refractivity contribution is 6.31. The van der Waals surface area contributed by atoms with Gasteiger partial charge in [0.15, 0.2) is 0 Å². The molecule has 6 nitrogen and oxygen atoms in total. The van der Waals surface area contributed by atoms with Crippen molar-refractivity contribution in [2.75, 3.05) is 5.32 Å². The number of halogens is 1. The Bertz CT molecular complexity index is 735. The van der Waals surface area contributed by atoms with Crippen LogP contribution in [-0.2, 0) is 0 Å². The van der Waals surface area contributed by atoms with E-state index in [0.29, 0.717) is 26.6 Å². The van der Waals surface area contributed by atoms with Crippen molar-refractivity contribution in [3.8, 4) is 0 Å². The molecule has 0 bridgehead atoms. The SMILES string of the molecule is [O-][n+]1nc(Nc2cccnc2)nc2cc(Cl)ccc21. The Labute approximate surface area is 113 Å². The third kappa shape index (κ3) is 2.38. The molecule has 1 N–H and O–H groups in total. The summed E-state index contributed by atoms with van der Waals surface area (Å²) in [6.45, 7) is 0. The van der Waals surface area contributed by atoms with Gasteiger partial charge in [0.2, 0.25) is 0 Å². The molecule has 0 saturated carbocycles. The van der Waals surface area contributed by atoms with Gasteiger partial charge in [-0.1, -0.05) is 11.6 Å². The summed E-state index contributed by atoms with van der Waals surface area (Å²) in [6, 6.07) is 8.38. The second-order valence-corrected chi connectivity index (χ2v) is 4.24. The number of nitrogens with zero attached hydrogens (tertiary/aromatic N) is 4. The molecule has 0 aliphatic heterocycles. The fraction of sp³-hybridized carbons (Fsp3) is 0. The Morgan fingerprint density at radius 3 is 2.95 bits per heavy atom. The highest BCUT2D eigenvalue weighted by Gasteiger charge is 2.11. The quantitative estimate of drug-likeness (QED) is 0.571. The highest BCUT2D eigenvalue weighted by Crippen LogP contribution is 2.16. The third-order valence-electron chi connectivity index (χ3n) is 2.47. The summed E-state index contributed by atoms with van der Waals surface area (Å²) in [6.07, 6.45) is 3.26. The van der Waals surface area contributed by atoms with Crippen LogP contribution in [-0.4, -0.2) is 15.1 Å². The largest absolute Gasteiger partial charge is 0.594 e. The van der Waals surface area contributed by atoms with Crippen LogP contribution in [0.15, 0.2) is 42.7 Å². The van der Waals surface area contributed by atoms with E-state index in [4.69, 9.17) is 11.6 Å². The fourth-order valence-electron chi connectivity index (χ4n) is 1.64. The first kappa shape index (κ1) is 11.6. The van der Waals surface area contributed by atoms with Gasteiger partial charge in [-0.3, -0.25) is 4.98 Å². The first-order valence-corrected chi connectivity index (χ1v) is 5.84. The molecule has 0 saturated heterocycles. The number of aromatic nitrogens is 4. The zero-order chi connectivity index (χ0) is 13.2. The van der Waals surface area contributed by atoms with Crippen molar-refractivity contribution < 1.29 is 4.85 Å². The van der Waals surface area contributed by atoms with Crippen LogP contribution in [0.5, 0.6) is 0 Å². The van der Waals surface area contributed by atoms with Crippen molar-refractivity contribution in [2.45, 2.75) is 0 Å². The minimum atomic E-state index is 0.192. The van der Waals surface area contributed by atoms with E-state index < -0.39 is 0 Å². The molecule has 0 aliphatic carbocycles. The first-order valence-electron chi connectivity index (χ1n) is 5.46. The number of hydrogen-bond acceptors (Lipinski definition) is 5. The number of nitrogens with one attached hydrogen (secondary N) is 1. The molecular weight excluding hydrogens is 266 g/mol. The van der Waals surface area contributed by atoms with Gasteiger partial charge in [-0.25, -0.2) is 4.98 Å². The topological polar surface area (TPSA) is 77.6 Å². The van der Waals surface area contributed by atoms with Crippen LogP contribution < -0.4 is 10.2 Å². The predicted molar refractivity (Wildman–Crippen MR) is 71.0 cm³/mol. The van der Waals surface area contributed by atoms with E-state index >= 15 is 0 Å². The number of benzene rings is 1. The van der Waals surface area contributed by atoms with Crippen LogP contribution in [0.3, 0.4) is 0 Å². The van der Waals surface area contributed by atoms with Crippen molar-refractivity contribution in [2.24, 2.45) is 0 Å². The number of pyridine rings is 1. The van der Waals surface area contributed by atoms with Crippen LogP contribution >= 0.6 is 11.6 Å². The van der Waals surface area contributed by atoms with Gasteiger partial charge in [-0.15, -0.1) is 0 Å². The fourth-order valence-corrected chi connectivity index (χ4v) is 1.81. The standard InChI is InChI=1S/C12H8ClN5O/c13-8-3-4-11-10(6-8)16-12(17-18(11)19)15-9-2-1-5-14-7-9/h1-7H,(H,15,16,17). The average molecular weight is 274 g/mol. The van der Waals surface area contributed by atoms with Crippen LogP contribution in [0, 0.1) is 5.21 Å². The Morgan fingerprint density at radius 2 is 2.16 bits per heavy atom. The molecule has 0 unspecified atom stereocenters. The summed E-state index contributed by atoms with van der Waals surface area (Å²) < 4.78 is 0. The lowest BCUT2D eigenvalue weighted by Gasteiger charge is -2.04. The van der Waals surface area contributed by atoms with Crippen LogP contribution in [0.4, 0.5) is 11.6 Å². The molecule has 7 heteroatoms. The van der Waals surface area contributed by atoms with Gasteiger partial charge in [0, 0.05) is 17.3 Å². The lowest BCUT2D eigenvalue weighted by molar-refractivity contribution is -0.641. The first-order chi connectivity index (χ1) is 9.22. The van der Waals surface area contributed by atoms with Crippen molar-refractivity contribution in [1.29, 1.82) is 0 Å². The Balaban J connectivity index is 2.05. The van der Waals surface area contributed by atoms with Crippen molar-refractivity contribution in [1.82, 2.24) is 15.1 Å². The monoisotopic (exact) mass is 273 g/mol.